The third-order valence-electron chi connectivity index (χ3n) is 1.86. The molecule has 0 saturated carbocycles. The Morgan fingerprint density at radius 2 is 1.93 bits per heavy atom. The van der Waals surface area contributed by atoms with Crippen molar-refractivity contribution in [2.24, 2.45) is 0 Å². The average molecular weight is 237 g/mol. The SMILES string of the molecule is CS(=O)(=O)CCC(=O)NCCCCCO. The van der Waals surface area contributed by atoms with Gasteiger partial charge in [0.25, 0.3) is 0 Å². The number of unbranched alkanes of at least 4 members (excludes halogenated alkanes) is 2. The normalized spacial score (nSPS) is 11.3. The van der Waals surface area contributed by atoms with Gasteiger partial charge in [0, 0.05) is 25.8 Å². The van der Waals surface area contributed by atoms with Crippen LogP contribution in [0, 0.1) is 0 Å². The molecular formula is C9H19NO4S. The van der Waals surface area contributed by atoms with E-state index < -0.39 is 9.84 Å². The van der Waals surface area contributed by atoms with Gasteiger partial charge in [0.05, 0.1) is 5.75 Å². The number of sulfone groups is 1. The molecule has 90 valence electrons. The first-order chi connectivity index (χ1) is 6.95. The summed E-state index contributed by atoms with van der Waals surface area (Å²) < 4.78 is 21.5. The molecule has 0 radical (unpaired) electrons. The summed E-state index contributed by atoms with van der Waals surface area (Å²) in [4.78, 5) is 11.1. The molecule has 0 atom stereocenters. The Hall–Kier alpha value is -0.620. The van der Waals surface area contributed by atoms with Crippen molar-refractivity contribution in [2.45, 2.75) is 25.7 Å². The zero-order valence-corrected chi connectivity index (χ0v) is 9.85. The van der Waals surface area contributed by atoms with Gasteiger partial charge in [-0.2, -0.15) is 0 Å². The first kappa shape index (κ1) is 14.4. The van der Waals surface area contributed by atoms with Gasteiger partial charge in [-0.3, -0.25) is 4.79 Å². The largest absolute Gasteiger partial charge is 0.396 e. The smallest absolute Gasteiger partial charge is 0.221 e. The van der Waals surface area contributed by atoms with Crippen LogP contribution in [-0.2, 0) is 14.6 Å². The van der Waals surface area contributed by atoms with Gasteiger partial charge in [0.1, 0.15) is 9.84 Å². The second kappa shape index (κ2) is 7.64. The standard InChI is InChI=1S/C9H19NO4S/c1-15(13,14)8-5-9(12)10-6-3-2-4-7-11/h11H,2-8H2,1H3,(H,10,12). The Labute approximate surface area is 90.8 Å². The lowest BCUT2D eigenvalue weighted by Gasteiger charge is -2.03. The summed E-state index contributed by atoms with van der Waals surface area (Å²) >= 11 is 0. The van der Waals surface area contributed by atoms with E-state index in [1.807, 2.05) is 0 Å². The highest BCUT2D eigenvalue weighted by Crippen LogP contribution is 1.93. The number of rotatable bonds is 8. The summed E-state index contributed by atoms with van der Waals surface area (Å²) in [6.45, 7) is 0.713. The van der Waals surface area contributed by atoms with Crippen molar-refractivity contribution < 1.29 is 18.3 Å². The molecule has 0 saturated heterocycles. The van der Waals surface area contributed by atoms with Gasteiger partial charge >= 0.3 is 0 Å². The first-order valence-corrected chi connectivity index (χ1v) is 7.07. The maximum absolute atomic E-state index is 11.1. The minimum absolute atomic E-state index is 0.0266. The number of hydrogen-bond acceptors (Lipinski definition) is 4. The third-order valence-corrected chi connectivity index (χ3v) is 2.80. The summed E-state index contributed by atoms with van der Waals surface area (Å²) in [6.07, 6.45) is 3.55. The number of aliphatic hydroxyl groups is 1. The maximum Gasteiger partial charge on any atom is 0.221 e. The third kappa shape index (κ3) is 11.3. The molecule has 0 unspecified atom stereocenters. The molecule has 0 rings (SSSR count). The highest BCUT2D eigenvalue weighted by molar-refractivity contribution is 7.90. The monoisotopic (exact) mass is 237 g/mol. The Kier molecular flexibility index (Phi) is 7.33. The van der Waals surface area contributed by atoms with Crippen molar-refractivity contribution in [2.75, 3.05) is 25.2 Å². The van der Waals surface area contributed by atoms with Gasteiger partial charge < -0.3 is 10.4 Å². The fraction of sp³-hybridized carbons (Fsp3) is 0.889. The molecule has 0 aromatic carbocycles. The van der Waals surface area contributed by atoms with E-state index in [1.165, 1.54) is 0 Å². The van der Waals surface area contributed by atoms with Crippen molar-refractivity contribution in [3.63, 3.8) is 0 Å². The first-order valence-electron chi connectivity index (χ1n) is 5.01. The molecule has 0 aliphatic carbocycles. The summed E-state index contributed by atoms with van der Waals surface area (Å²) in [7, 11) is -3.05. The van der Waals surface area contributed by atoms with Crippen molar-refractivity contribution in [3.05, 3.63) is 0 Å². The molecule has 5 nitrogen and oxygen atoms in total. The highest BCUT2D eigenvalue weighted by Gasteiger charge is 2.06. The second-order valence-corrected chi connectivity index (χ2v) is 5.77. The predicted octanol–water partition coefficient (Wildman–Crippen LogP) is -0.300. The van der Waals surface area contributed by atoms with Crippen molar-refractivity contribution in [3.8, 4) is 0 Å². The molecule has 0 aromatic heterocycles. The summed E-state index contributed by atoms with van der Waals surface area (Å²) in [6, 6.07) is 0. The van der Waals surface area contributed by atoms with Crippen LogP contribution in [0.3, 0.4) is 0 Å². The van der Waals surface area contributed by atoms with Gasteiger partial charge in [0.15, 0.2) is 0 Å². The Morgan fingerprint density at radius 1 is 1.27 bits per heavy atom. The molecule has 1 amide bonds. The fourth-order valence-electron chi connectivity index (χ4n) is 1.01. The van der Waals surface area contributed by atoms with Crippen molar-refractivity contribution >= 4 is 15.7 Å². The van der Waals surface area contributed by atoms with Crippen molar-refractivity contribution in [1.82, 2.24) is 5.32 Å². The quantitative estimate of drug-likeness (QED) is 0.568. The number of nitrogens with one attached hydrogen (secondary N) is 1. The van der Waals surface area contributed by atoms with Gasteiger partial charge in [-0.15, -0.1) is 0 Å². The lowest BCUT2D eigenvalue weighted by Crippen LogP contribution is -2.26. The Balaban J connectivity index is 3.42. The maximum atomic E-state index is 11.1. The van der Waals surface area contributed by atoms with Crippen LogP contribution in [0.25, 0.3) is 0 Å². The van der Waals surface area contributed by atoms with E-state index in [2.05, 4.69) is 5.32 Å². The van der Waals surface area contributed by atoms with Crippen LogP contribution in [0.2, 0.25) is 0 Å². The van der Waals surface area contributed by atoms with Crippen LogP contribution in [-0.4, -0.2) is 44.6 Å². The summed E-state index contributed by atoms with van der Waals surface area (Å²) in [5.74, 6) is -0.334. The number of carbonyl (C=O) groups is 1. The van der Waals surface area contributed by atoms with Gasteiger partial charge in [0.2, 0.25) is 5.91 Å². The lowest BCUT2D eigenvalue weighted by molar-refractivity contribution is -0.120. The van der Waals surface area contributed by atoms with Crippen LogP contribution in [0.15, 0.2) is 0 Å². The molecule has 0 aliphatic heterocycles. The molecule has 0 bridgehead atoms. The number of carbonyl (C=O) groups excluding carboxylic acids is 1. The van der Waals surface area contributed by atoms with E-state index in [0.717, 1.165) is 25.5 Å². The zero-order chi connectivity index (χ0) is 11.7. The van der Waals surface area contributed by atoms with E-state index in [9.17, 15) is 13.2 Å². The minimum Gasteiger partial charge on any atom is -0.396 e. The molecular weight excluding hydrogens is 218 g/mol. The average Bonchev–Trinajstić information content (AvgIpc) is 2.13. The van der Waals surface area contributed by atoms with Gasteiger partial charge in [-0.1, -0.05) is 0 Å². The number of amides is 1. The number of aliphatic hydroxyl groups excluding tert-OH is 1. The minimum atomic E-state index is -3.05. The molecule has 6 heteroatoms. The molecule has 0 aliphatic rings. The highest BCUT2D eigenvalue weighted by atomic mass is 32.2. The molecule has 0 aromatic rings. The number of hydrogen-bond donors (Lipinski definition) is 2. The topological polar surface area (TPSA) is 83.5 Å². The zero-order valence-electron chi connectivity index (χ0n) is 9.03. The molecule has 0 heterocycles. The molecule has 2 N–H and O–H groups in total. The van der Waals surface area contributed by atoms with E-state index in [1.54, 1.807) is 0 Å². The molecule has 0 spiro atoms. The van der Waals surface area contributed by atoms with E-state index in [4.69, 9.17) is 5.11 Å². The van der Waals surface area contributed by atoms with E-state index >= 15 is 0 Å². The molecule has 0 fully saturated rings. The molecule has 15 heavy (non-hydrogen) atoms. The van der Waals surface area contributed by atoms with Crippen LogP contribution in [0.1, 0.15) is 25.7 Å². The fourth-order valence-corrected chi connectivity index (χ4v) is 1.56. The van der Waals surface area contributed by atoms with Crippen LogP contribution >= 0.6 is 0 Å². The van der Waals surface area contributed by atoms with Crippen LogP contribution in [0.5, 0.6) is 0 Å². The van der Waals surface area contributed by atoms with Crippen LogP contribution < -0.4 is 5.32 Å². The van der Waals surface area contributed by atoms with Gasteiger partial charge in [-0.25, -0.2) is 8.42 Å². The second-order valence-electron chi connectivity index (χ2n) is 3.51. The predicted molar refractivity (Wildman–Crippen MR) is 58.3 cm³/mol. The van der Waals surface area contributed by atoms with E-state index in [0.29, 0.717) is 6.54 Å². The summed E-state index contributed by atoms with van der Waals surface area (Å²) in [5, 5.41) is 11.1. The Morgan fingerprint density at radius 3 is 2.47 bits per heavy atom. The lowest BCUT2D eigenvalue weighted by atomic mass is 10.2. The van der Waals surface area contributed by atoms with Crippen LogP contribution in [0.4, 0.5) is 0 Å². The summed E-state index contributed by atoms with van der Waals surface area (Å²) in [5.41, 5.74) is 0. The van der Waals surface area contributed by atoms with Gasteiger partial charge in [-0.05, 0) is 19.3 Å². The Bertz CT molecular complexity index is 274. The van der Waals surface area contributed by atoms with E-state index in [-0.39, 0.29) is 24.7 Å². The van der Waals surface area contributed by atoms with Crippen molar-refractivity contribution in [1.29, 1.82) is 0 Å².